The van der Waals surface area contributed by atoms with Gasteiger partial charge in [0.1, 0.15) is 11.5 Å². The molecule has 2 heterocycles. The molecule has 0 aliphatic heterocycles. The van der Waals surface area contributed by atoms with E-state index in [4.69, 9.17) is 9.84 Å². The van der Waals surface area contributed by atoms with Crippen molar-refractivity contribution in [3.8, 4) is 23.0 Å². The number of methoxy groups -OCH3 is 1. The fourth-order valence-electron chi connectivity index (χ4n) is 5.23. The molecule has 2 aromatic heterocycles. The molecule has 9 nitrogen and oxygen atoms in total. The maximum atomic E-state index is 13.3. The Hall–Kier alpha value is -4.24. The minimum Gasteiger partial charge on any atom is -0.467 e. The Morgan fingerprint density at radius 3 is 2.47 bits per heavy atom. The number of urea groups is 1. The number of nitrogens with one attached hydrogen (secondary N) is 2. The predicted octanol–water partition coefficient (Wildman–Crippen LogP) is 3.92. The van der Waals surface area contributed by atoms with Gasteiger partial charge >= 0.3 is 12.0 Å². The van der Waals surface area contributed by atoms with Crippen LogP contribution >= 0.6 is 0 Å². The van der Waals surface area contributed by atoms with E-state index in [1.807, 2.05) is 55.5 Å². The summed E-state index contributed by atoms with van der Waals surface area (Å²) in [6.07, 6.45) is 4.48. The standard InChI is InChI=1S/C27H26N6O3/c1-16-21(17-14-28-26(36-2)29-15-17)32-33(18-8-4-3-5-9-18)24(16)31-25(35)30-22-19-10-6-7-11-20(19)27(12-13-27)23(22)34/h3-11,14-15,22-23,34H,12-13H2,1-2H3,(H2,30,31,35)/t22?,23-/m1/s1. The summed E-state index contributed by atoms with van der Waals surface area (Å²) in [5.74, 6) is 0.520. The molecular weight excluding hydrogens is 456 g/mol. The van der Waals surface area contributed by atoms with Crippen molar-refractivity contribution in [3.05, 3.63) is 83.7 Å². The molecule has 36 heavy (non-hydrogen) atoms. The number of aliphatic hydroxyl groups is 1. The van der Waals surface area contributed by atoms with Crippen LogP contribution in [0.1, 0.15) is 35.6 Å². The van der Waals surface area contributed by atoms with Gasteiger partial charge in [-0.15, -0.1) is 0 Å². The lowest BCUT2D eigenvalue weighted by Crippen LogP contribution is -2.39. The van der Waals surface area contributed by atoms with Gasteiger partial charge in [-0.25, -0.2) is 19.4 Å². The maximum absolute atomic E-state index is 13.3. The number of ether oxygens (including phenoxy) is 1. The van der Waals surface area contributed by atoms with Crippen molar-refractivity contribution in [2.75, 3.05) is 12.4 Å². The molecule has 2 atom stereocenters. The van der Waals surface area contributed by atoms with Gasteiger partial charge in [-0.05, 0) is 43.0 Å². The molecule has 3 N–H and O–H groups in total. The van der Waals surface area contributed by atoms with Crippen molar-refractivity contribution in [3.63, 3.8) is 0 Å². The van der Waals surface area contributed by atoms with Crippen molar-refractivity contribution in [1.82, 2.24) is 25.1 Å². The molecule has 9 heteroatoms. The van der Waals surface area contributed by atoms with E-state index in [2.05, 4.69) is 26.7 Å². The number of carbonyl (C=O) groups excluding carboxylic acids is 1. The summed E-state index contributed by atoms with van der Waals surface area (Å²) in [6, 6.07) is 16.9. The van der Waals surface area contributed by atoms with E-state index >= 15 is 0 Å². The SMILES string of the molecule is COc1ncc(-c2nn(-c3ccccc3)c(NC(=O)NC3c4ccccc4C4(CC4)[C@@H]3O)c2C)cn1. The molecule has 1 spiro atoms. The van der Waals surface area contributed by atoms with Crippen LogP contribution in [0.3, 0.4) is 0 Å². The second-order valence-electron chi connectivity index (χ2n) is 9.29. The highest BCUT2D eigenvalue weighted by Crippen LogP contribution is 2.59. The number of aliphatic hydroxyl groups excluding tert-OH is 1. The van der Waals surface area contributed by atoms with Gasteiger partial charge in [-0.1, -0.05) is 42.5 Å². The Morgan fingerprint density at radius 2 is 1.78 bits per heavy atom. The molecule has 2 amide bonds. The largest absolute Gasteiger partial charge is 0.467 e. The van der Waals surface area contributed by atoms with Crippen LogP contribution in [0, 0.1) is 6.92 Å². The molecule has 1 unspecified atom stereocenters. The first-order chi connectivity index (χ1) is 17.5. The van der Waals surface area contributed by atoms with Crippen LogP contribution in [0.5, 0.6) is 6.01 Å². The van der Waals surface area contributed by atoms with Crippen LogP contribution in [0.4, 0.5) is 10.6 Å². The lowest BCUT2D eigenvalue weighted by Gasteiger charge is -2.21. The van der Waals surface area contributed by atoms with Crippen LogP contribution in [0.25, 0.3) is 16.9 Å². The first kappa shape index (κ1) is 22.2. The number of para-hydroxylation sites is 1. The molecule has 2 aliphatic rings. The van der Waals surface area contributed by atoms with E-state index in [0.717, 1.165) is 35.2 Å². The Kier molecular flexibility index (Phi) is 5.22. The van der Waals surface area contributed by atoms with Gasteiger partial charge in [0.15, 0.2) is 0 Å². The van der Waals surface area contributed by atoms with Crippen molar-refractivity contribution in [1.29, 1.82) is 0 Å². The minimum atomic E-state index is -0.659. The Balaban J connectivity index is 1.33. The fourth-order valence-corrected chi connectivity index (χ4v) is 5.23. The first-order valence-corrected chi connectivity index (χ1v) is 11.9. The minimum absolute atomic E-state index is 0.238. The van der Waals surface area contributed by atoms with Gasteiger partial charge in [0.2, 0.25) is 0 Å². The number of fused-ring (bicyclic) bond motifs is 2. The number of carbonyl (C=O) groups is 1. The molecule has 0 radical (unpaired) electrons. The van der Waals surface area contributed by atoms with Gasteiger partial charge in [-0.3, -0.25) is 5.32 Å². The lowest BCUT2D eigenvalue weighted by atomic mass is 9.97. The third-order valence-electron chi connectivity index (χ3n) is 7.23. The Bertz CT molecular complexity index is 1430. The predicted molar refractivity (Wildman–Crippen MR) is 134 cm³/mol. The quantitative estimate of drug-likeness (QED) is 0.397. The average Bonchev–Trinajstić information content (AvgIpc) is 3.62. The maximum Gasteiger partial charge on any atom is 0.320 e. The Morgan fingerprint density at radius 1 is 1.08 bits per heavy atom. The number of aromatic nitrogens is 4. The molecule has 2 aliphatic carbocycles. The summed E-state index contributed by atoms with van der Waals surface area (Å²) in [5.41, 5.74) is 4.76. The molecule has 182 valence electrons. The summed E-state index contributed by atoms with van der Waals surface area (Å²) in [5, 5.41) is 21.9. The number of nitrogens with zero attached hydrogens (tertiary/aromatic N) is 4. The van der Waals surface area contributed by atoms with Crippen LogP contribution in [0.2, 0.25) is 0 Å². The van der Waals surface area contributed by atoms with E-state index < -0.39 is 18.2 Å². The first-order valence-electron chi connectivity index (χ1n) is 11.9. The van der Waals surface area contributed by atoms with E-state index in [-0.39, 0.29) is 11.4 Å². The number of hydrogen-bond acceptors (Lipinski definition) is 6. The zero-order valence-corrected chi connectivity index (χ0v) is 20.0. The van der Waals surface area contributed by atoms with Crippen molar-refractivity contribution in [2.45, 2.75) is 37.3 Å². The van der Waals surface area contributed by atoms with Crippen LogP contribution in [-0.4, -0.2) is 44.1 Å². The molecule has 0 bridgehead atoms. The number of amides is 2. The highest BCUT2D eigenvalue weighted by Gasteiger charge is 2.59. The summed E-state index contributed by atoms with van der Waals surface area (Å²) in [4.78, 5) is 21.7. The third kappa shape index (κ3) is 3.51. The highest BCUT2D eigenvalue weighted by molar-refractivity contribution is 5.91. The summed E-state index contributed by atoms with van der Waals surface area (Å²) >= 11 is 0. The second-order valence-corrected chi connectivity index (χ2v) is 9.29. The summed E-state index contributed by atoms with van der Waals surface area (Å²) < 4.78 is 6.76. The lowest BCUT2D eigenvalue weighted by molar-refractivity contribution is 0.109. The van der Waals surface area contributed by atoms with E-state index in [0.29, 0.717) is 17.1 Å². The fraction of sp³-hybridized carbons (Fsp3) is 0.259. The average molecular weight is 483 g/mol. The van der Waals surface area contributed by atoms with Crippen molar-refractivity contribution < 1.29 is 14.6 Å². The monoisotopic (exact) mass is 482 g/mol. The Labute approximate surface area is 208 Å². The highest BCUT2D eigenvalue weighted by atomic mass is 16.5. The van der Waals surface area contributed by atoms with Gasteiger partial charge in [0.05, 0.1) is 24.9 Å². The number of rotatable bonds is 5. The smallest absolute Gasteiger partial charge is 0.320 e. The normalized spacial score (nSPS) is 19.1. The van der Waals surface area contributed by atoms with E-state index in [1.165, 1.54) is 7.11 Å². The number of hydrogen-bond donors (Lipinski definition) is 3. The third-order valence-corrected chi connectivity index (χ3v) is 7.23. The molecule has 4 aromatic rings. The molecule has 2 aromatic carbocycles. The molecule has 6 rings (SSSR count). The number of anilines is 1. The topological polar surface area (TPSA) is 114 Å². The molecule has 1 saturated carbocycles. The second kappa shape index (κ2) is 8.46. The van der Waals surface area contributed by atoms with Crippen molar-refractivity contribution in [2.24, 2.45) is 0 Å². The summed E-state index contributed by atoms with van der Waals surface area (Å²) in [7, 11) is 1.51. The van der Waals surface area contributed by atoms with Gasteiger partial charge in [-0.2, -0.15) is 5.10 Å². The van der Waals surface area contributed by atoms with E-state index in [9.17, 15) is 9.90 Å². The van der Waals surface area contributed by atoms with Gasteiger partial charge < -0.3 is 15.2 Å². The zero-order valence-electron chi connectivity index (χ0n) is 20.0. The van der Waals surface area contributed by atoms with Crippen LogP contribution in [0.15, 0.2) is 67.0 Å². The van der Waals surface area contributed by atoms with Crippen molar-refractivity contribution >= 4 is 11.8 Å². The number of benzene rings is 2. The molecule has 1 fully saturated rings. The molecule has 0 saturated heterocycles. The van der Waals surface area contributed by atoms with Crippen LogP contribution in [-0.2, 0) is 5.41 Å². The summed E-state index contributed by atoms with van der Waals surface area (Å²) in [6.45, 7) is 1.89. The molecular formula is C27H26N6O3. The zero-order chi connectivity index (χ0) is 24.9. The van der Waals surface area contributed by atoms with E-state index in [1.54, 1.807) is 17.1 Å². The van der Waals surface area contributed by atoms with Gasteiger partial charge in [0.25, 0.3) is 0 Å². The van der Waals surface area contributed by atoms with Crippen LogP contribution < -0.4 is 15.4 Å². The van der Waals surface area contributed by atoms with Gasteiger partial charge in [0, 0.05) is 28.9 Å².